The largest absolute Gasteiger partial charge is 0.411 e. The highest BCUT2D eigenvalue weighted by atomic mass is 16.6. The van der Waals surface area contributed by atoms with Gasteiger partial charge in [-0.1, -0.05) is 24.3 Å². The highest BCUT2D eigenvalue weighted by molar-refractivity contribution is 5.68. The molecule has 0 atom stereocenters. The molecule has 0 spiro atoms. The minimum Gasteiger partial charge on any atom is -0.411 e. The number of hydrogen-bond acceptors (Lipinski definition) is 4. The Labute approximate surface area is 195 Å². The highest BCUT2D eigenvalue weighted by Gasteiger charge is 2.28. The Balaban J connectivity index is 1.19. The molecule has 2 amide bonds. The molecule has 0 bridgehead atoms. The number of carbonyl (C=O) groups excluding carboxylic acids is 2. The van der Waals surface area contributed by atoms with Crippen LogP contribution in [0.15, 0.2) is 48.5 Å². The summed E-state index contributed by atoms with van der Waals surface area (Å²) in [6, 6.07) is 15.6. The Kier molecular flexibility index (Phi) is 7.53. The van der Waals surface area contributed by atoms with Gasteiger partial charge in [0.15, 0.2) is 0 Å². The summed E-state index contributed by atoms with van der Waals surface area (Å²) in [5.41, 5.74) is 12.8. The van der Waals surface area contributed by atoms with Crippen LogP contribution in [0.3, 0.4) is 0 Å². The van der Waals surface area contributed by atoms with E-state index >= 15 is 0 Å². The maximum absolute atomic E-state index is 10.9. The van der Waals surface area contributed by atoms with Crippen LogP contribution in [-0.4, -0.2) is 12.2 Å². The summed E-state index contributed by atoms with van der Waals surface area (Å²) < 4.78 is 9.86. The smallest absolute Gasteiger partial charge is 0.409 e. The van der Waals surface area contributed by atoms with E-state index in [1.54, 1.807) is 0 Å². The zero-order valence-corrected chi connectivity index (χ0v) is 19.1. The lowest BCUT2D eigenvalue weighted by molar-refractivity contribution is 0.209. The van der Waals surface area contributed by atoms with E-state index in [0.29, 0.717) is 23.3 Å². The summed E-state index contributed by atoms with van der Waals surface area (Å²) >= 11 is 0. The van der Waals surface area contributed by atoms with E-state index in [4.69, 9.17) is 20.9 Å². The molecule has 2 fully saturated rings. The quantitative estimate of drug-likeness (QED) is 0.543. The van der Waals surface area contributed by atoms with Gasteiger partial charge in [-0.05, 0) is 117 Å². The van der Waals surface area contributed by atoms with Crippen molar-refractivity contribution < 1.29 is 19.1 Å². The normalized spacial score (nSPS) is 25.2. The molecule has 0 radical (unpaired) electrons. The van der Waals surface area contributed by atoms with Crippen molar-refractivity contribution in [1.82, 2.24) is 0 Å². The lowest BCUT2D eigenvalue weighted by atomic mass is 9.71. The lowest BCUT2D eigenvalue weighted by Gasteiger charge is -2.34. The number of nitrogens with two attached hydrogens (primary N) is 2. The molecule has 6 heteroatoms. The van der Waals surface area contributed by atoms with Crippen molar-refractivity contribution in [2.45, 2.75) is 69.6 Å². The molecule has 2 aliphatic carbocycles. The van der Waals surface area contributed by atoms with Gasteiger partial charge in [-0.3, -0.25) is 0 Å². The van der Waals surface area contributed by atoms with Crippen LogP contribution < -0.4 is 20.9 Å². The number of benzene rings is 2. The number of carbonyl (C=O) groups is 2. The first-order chi connectivity index (χ1) is 16.0. The van der Waals surface area contributed by atoms with E-state index in [9.17, 15) is 9.59 Å². The third kappa shape index (κ3) is 6.50. The molecular weight excluding hydrogens is 416 g/mol. The van der Waals surface area contributed by atoms with Crippen LogP contribution in [0.1, 0.15) is 80.8 Å². The molecular formula is C27H34N2O4. The second-order valence-corrected chi connectivity index (χ2v) is 9.65. The van der Waals surface area contributed by atoms with Gasteiger partial charge in [-0.25, -0.2) is 9.59 Å². The Bertz CT molecular complexity index is 848. The fraction of sp³-hybridized carbons (Fsp3) is 0.481. The number of hydrogen-bond donors (Lipinski definition) is 2. The lowest BCUT2D eigenvalue weighted by Crippen LogP contribution is -2.20. The van der Waals surface area contributed by atoms with Crippen molar-refractivity contribution in [3.63, 3.8) is 0 Å². The summed E-state index contributed by atoms with van der Waals surface area (Å²) in [5.74, 6) is 3.88. The molecule has 2 aromatic carbocycles. The van der Waals surface area contributed by atoms with Gasteiger partial charge in [0.2, 0.25) is 0 Å². The topological polar surface area (TPSA) is 105 Å². The number of amides is 2. The predicted octanol–water partition coefficient (Wildman–Crippen LogP) is 6.24. The summed E-state index contributed by atoms with van der Waals surface area (Å²) in [6.45, 7) is 0. The van der Waals surface area contributed by atoms with Crippen molar-refractivity contribution in [2.24, 2.45) is 23.3 Å². The van der Waals surface area contributed by atoms with Crippen LogP contribution in [0.5, 0.6) is 11.5 Å². The minimum atomic E-state index is -0.773. The molecule has 0 heterocycles. The van der Waals surface area contributed by atoms with Crippen LogP contribution in [-0.2, 0) is 0 Å². The Morgan fingerprint density at radius 3 is 1.24 bits per heavy atom. The number of rotatable bonds is 6. The van der Waals surface area contributed by atoms with Gasteiger partial charge >= 0.3 is 12.2 Å². The molecule has 33 heavy (non-hydrogen) atoms. The third-order valence-electron chi connectivity index (χ3n) is 7.50. The maximum Gasteiger partial charge on any atom is 0.409 e. The number of primary amides is 2. The molecule has 4 rings (SSSR count). The van der Waals surface area contributed by atoms with E-state index < -0.39 is 12.2 Å². The van der Waals surface area contributed by atoms with Gasteiger partial charge in [-0.15, -0.1) is 0 Å². The van der Waals surface area contributed by atoms with Crippen molar-refractivity contribution in [2.75, 3.05) is 0 Å². The molecule has 0 unspecified atom stereocenters. The first-order valence-electron chi connectivity index (χ1n) is 12.1. The average molecular weight is 451 g/mol. The maximum atomic E-state index is 10.9. The van der Waals surface area contributed by atoms with Gasteiger partial charge in [-0.2, -0.15) is 0 Å². The summed E-state index contributed by atoms with van der Waals surface area (Å²) in [5, 5.41) is 0. The molecule has 176 valence electrons. The van der Waals surface area contributed by atoms with E-state index in [2.05, 4.69) is 24.3 Å². The molecule has 2 aromatic rings. The average Bonchev–Trinajstić information content (AvgIpc) is 2.81. The SMILES string of the molecule is NC(=O)Oc1ccc(C2CCC(CC3CCC(c4ccc(OC(N)=O)cc4)CC3)CC2)cc1. The molecule has 6 nitrogen and oxygen atoms in total. The molecule has 4 N–H and O–H groups in total. The molecule has 0 aliphatic heterocycles. The van der Waals surface area contributed by atoms with Crippen LogP contribution in [0, 0.1) is 11.8 Å². The standard InChI is InChI=1S/C27H34N2O4/c28-26(30)32-24-13-9-22(10-14-24)20-5-1-18(2-6-20)17-19-3-7-21(8-4-19)23-11-15-25(16-12-23)33-27(29)31/h9-16,18-21H,1-8,17H2,(H2,28,30)(H2,29,31). The van der Waals surface area contributed by atoms with Gasteiger partial charge in [0.25, 0.3) is 0 Å². The van der Waals surface area contributed by atoms with Crippen molar-refractivity contribution in [3.8, 4) is 11.5 Å². The van der Waals surface area contributed by atoms with E-state index in [1.165, 1.54) is 68.9 Å². The van der Waals surface area contributed by atoms with E-state index in [1.807, 2.05) is 24.3 Å². The monoisotopic (exact) mass is 450 g/mol. The minimum absolute atomic E-state index is 0.505. The van der Waals surface area contributed by atoms with Crippen molar-refractivity contribution >= 4 is 12.2 Å². The zero-order chi connectivity index (χ0) is 23.2. The van der Waals surface area contributed by atoms with Gasteiger partial charge in [0.05, 0.1) is 0 Å². The van der Waals surface area contributed by atoms with E-state index in [-0.39, 0.29) is 0 Å². The summed E-state index contributed by atoms with van der Waals surface area (Å²) in [7, 11) is 0. The van der Waals surface area contributed by atoms with Crippen LogP contribution >= 0.6 is 0 Å². The van der Waals surface area contributed by atoms with Crippen molar-refractivity contribution in [3.05, 3.63) is 59.7 Å². The van der Waals surface area contributed by atoms with Gasteiger partial charge in [0, 0.05) is 0 Å². The van der Waals surface area contributed by atoms with Crippen LogP contribution in [0.25, 0.3) is 0 Å². The first kappa shape index (κ1) is 23.1. The van der Waals surface area contributed by atoms with Crippen LogP contribution in [0.2, 0.25) is 0 Å². The second kappa shape index (κ2) is 10.7. The molecule has 2 saturated carbocycles. The van der Waals surface area contributed by atoms with Gasteiger partial charge in [0.1, 0.15) is 11.5 Å². The Morgan fingerprint density at radius 1 is 0.606 bits per heavy atom. The second-order valence-electron chi connectivity index (χ2n) is 9.65. The molecule has 0 saturated heterocycles. The summed E-state index contributed by atoms with van der Waals surface area (Å²) in [6.07, 6.45) is 9.93. The third-order valence-corrected chi connectivity index (χ3v) is 7.50. The molecule has 0 aromatic heterocycles. The Hall–Kier alpha value is -3.02. The van der Waals surface area contributed by atoms with Gasteiger partial charge < -0.3 is 20.9 Å². The summed E-state index contributed by atoms with van der Waals surface area (Å²) in [4.78, 5) is 21.7. The number of ether oxygens (including phenoxy) is 2. The van der Waals surface area contributed by atoms with Crippen LogP contribution in [0.4, 0.5) is 9.59 Å². The fourth-order valence-corrected chi connectivity index (χ4v) is 5.78. The first-order valence-corrected chi connectivity index (χ1v) is 12.1. The predicted molar refractivity (Wildman–Crippen MR) is 127 cm³/mol. The van der Waals surface area contributed by atoms with Crippen molar-refractivity contribution in [1.29, 1.82) is 0 Å². The zero-order valence-electron chi connectivity index (χ0n) is 19.1. The molecule has 2 aliphatic rings. The highest BCUT2D eigenvalue weighted by Crippen LogP contribution is 2.43. The Morgan fingerprint density at radius 2 is 0.939 bits per heavy atom. The fourth-order valence-electron chi connectivity index (χ4n) is 5.78. The van der Waals surface area contributed by atoms with E-state index in [0.717, 1.165) is 11.8 Å².